The molecule has 3 rings (SSSR count). The molecule has 1 unspecified atom stereocenters. The topological polar surface area (TPSA) is 37.8 Å². The molecule has 0 saturated heterocycles. The predicted octanol–water partition coefficient (Wildman–Crippen LogP) is 3.97. The minimum Gasteiger partial charge on any atom is -0.310 e. The van der Waals surface area contributed by atoms with Crippen molar-refractivity contribution in [2.75, 3.05) is 6.54 Å². The van der Waals surface area contributed by atoms with Gasteiger partial charge >= 0.3 is 0 Å². The molecule has 0 aliphatic rings. The molecule has 0 bridgehead atoms. The lowest BCUT2D eigenvalue weighted by molar-refractivity contribution is 0.524. The molecule has 0 spiro atoms. The highest BCUT2D eigenvalue weighted by Gasteiger charge is 2.13. The molecule has 21 heavy (non-hydrogen) atoms. The van der Waals surface area contributed by atoms with E-state index in [1.165, 1.54) is 10.3 Å². The summed E-state index contributed by atoms with van der Waals surface area (Å²) >= 11 is 1.74. The maximum absolute atomic E-state index is 4.56. The number of aromatic nitrogens is 2. The summed E-state index contributed by atoms with van der Waals surface area (Å²) in [5.41, 5.74) is 3.43. The zero-order valence-electron chi connectivity index (χ0n) is 12.1. The van der Waals surface area contributed by atoms with E-state index in [1.807, 2.05) is 24.5 Å². The summed E-state index contributed by atoms with van der Waals surface area (Å²) in [5, 5.41) is 5.71. The number of hydrogen-bond donors (Lipinski definition) is 1. The van der Waals surface area contributed by atoms with Crippen LogP contribution in [0, 0.1) is 0 Å². The van der Waals surface area contributed by atoms with Gasteiger partial charge in [0.05, 0.1) is 10.2 Å². The number of nitrogens with one attached hydrogen (secondary N) is 1. The Balaban J connectivity index is 1.86. The van der Waals surface area contributed by atoms with Crippen LogP contribution < -0.4 is 5.32 Å². The summed E-state index contributed by atoms with van der Waals surface area (Å²) in [7, 11) is 0. The predicted molar refractivity (Wildman–Crippen MR) is 88.6 cm³/mol. The van der Waals surface area contributed by atoms with E-state index in [0.717, 1.165) is 30.6 Å². The molecule has 3 heterocycles. The first kappa shape index (κ1) is 14.2. The average Bonchev–Trinajstić information content (AvgIpc) is 3.00. The zero-order valence-corrected chi connectivity index (χ0v) is 12.9. The van der Waals surface area contributed by atoms with E-state index < -0.39 is 0 Å². The van der Waals surface area contributed by atoms with E-state index in [0.29, 0.717) is 0 Å². The summed E-state index contributed by atoms with van der Waals surface area (Å²) in [6, 6.07) is 10.7. The van der Waals surface area contributed by atoms with Crippen LogP contribution in [0.4, 0.5) is 0 Å². The number of fused-ring (bicyclic) bond motifs is 1. The second-order valence-corrected chi connectivity index (χ2v) is 6.05. The van der Waals surface area contributed by atoms with Crippen LogP contribution in [-0.4, -0.2) is 16.5 Å². The summed E-state index contributed by atoms with van der Waals surface area (Å²) in [6.07, 6.45) is 5.85. The number of pyridine rings is 2. The third-order valence-corrected chi connectivity index (χ3v) is 4.36. The first-order valence-corrected chi connectivity index (χ1v) is 8.21. The van der Waals surface area contributed by atoms with Crippen molar-refractivity contribution >= 4 is 21.6 Å². The van der Waals surface area contributed by atoms with Crippen molar-refractivity contribution in [3.8, 4) is 0 Å². The normalized spacial score (nSPS) is 12.6. The maximum Gasteiger partial charge on any atom is 0.0809 e. The molecular weight excluding hydrogens is 278 g/mol. The highest BCUT2D eigenvalue weighted by Crippen LogP contribution is 2.24. The van der Waals surface area contributed by atoms with E-state index in [1.54, 1.807) is 11.3 Å². The number of nitrogens with zero attached hydrogens (tertiary/aromatic N) is 2. The fourth-order valence-electron chi connectivity index (χ4n) is 2.41. The van der Waals surface area contributed by atoms with E-state index >= 15 is 0 Å². The van der Waals surface area contributed by atoms with Gasteiger partial charge in [-0.2, -0.15) is 0 Å². The first-order valence-electron chi connectivity index (χ1n) is 7.33. The van der Waals surface area contributed by atoms with Crippen molar-refractivity contribution in [1.29, 1.82) is 0 Å². The smallest absolute Gasteiger partial charge is 0.0809 e. The van der Waals surface area contributed by atoms with Gasteiger partial charge in [-0.3, -0.25) is 9.97 Å². The molecule has 3 aromatic rings. The Hall–Kier alpha value is -1.78. The molecule has 0 aromatic carbocycles. The molecule has 108 valence electrons. The second kappa shape index (κ2) is 6.78. The van der Waals surface area contributed by atoms with Crippen LogP contribution in [0.5, 0.6) is 0 Å². The summed E-state index contributed by atoms with van der Waals surface area (Å²) in [5.74, 6) is 0. The molecule has 0 aliphatic heterocycles. The number of thiophene rings is 1. The van der Waals surface area contributed by atoms with Crippen LogP contribution in [0.1, 0.15) is 30.6 Å². The Bertz CT molecular complexity index is 693. The van der Waals surface area contributed by atoms with Crippen molar-refractivity contribution < 1.29 is 0 Å². The molecule has 3 aromatic heterocycles. The van der Waals surface area contributed by atoms with Crippen molar-refractivity contribution in [1.82, 2.24) is 15.3 Å². The largest absolute Gasteiger partial charge is 0.310 e. The molecule has 0 fully saturated rings. The van der Waals surface area contributed by atoms with Crippen molar-refractivity contribution in [2.24, 2.45) is 0 Å². The van der Waals surface area contributed by atoms with Gasteiger partial charge in [0, 0.05) is 30.6 Å². The zero-order chi connectivity index (χ0) is 14.5. The van der Waals surface area contributed by atoms with Crippen LogP contribution in [0.25, 0.3) is 10.2 Å². The van der Waals surface area contributed by atoms with E-state index in [-0.39, 0.29) is 6.04 Å². The van der Waals surface area contributed by atoms with Crippen molar-refractivity contribution in [2.45, 2.75) is 25.8 Å². The molecule has 1 atom stereocenters. The molecule has 0 radical (unpaired) electrons. The van der Waals surface area contributed by atoms with Gasteiger partial charge in [-0.25, -0.2) is 0 Å². The summed E-state index contributed by atoms with van der Waals surface area (Å²) < 4.78 is 1.25. The van der Waals surface area contributed by atoms with Gasteiger partial charge < -0.3 is 5.32 Å². The Labute approximate surface area is 129 Å². The molecule has 4 heteroatoms. The average molecular weight is 297 g/mol. The Morgan fingerprint density at radius 3 is 3.00 bits per heavy atom. The van der Waals surface area contributed by atoms with Gasteiger partial charge in [0.2, 0.25) is 0 Å². The van der Waals surface area contributed by atoms with E-state index in [2.05, 4.69) is 45.8 Å². The highest BCUT2D eigenvalue weighted by molar-refractivity contribution is 7.17. The Morgan fingerprint density at radius 2 is 2.19 bits per heavy atom. The summed E-state index contributed by atoms with van der Waals surface area (Å²) in [6.45, 7) is 3.19. The fraction of sp³-hybridized carbons (Fsp3) is 0.294. The fourth-order valence-corrected chi connectivity index (χ4v) is 3.20. The minimum absolute atomic E-state index is 0.263. The van der Waals surface area contributed by atoms with Gasteiger partial charge in [-0.05, 0) is 48.2 Å². The van der Waals surface area contributed by atoms with Gasteiger partial charge in [0.15, 0.2) is 0 Å². The quantitative estimate of drug-likeness (QED) is 0.748. The van der Waals surface area contributed by atoms with Crippen molar-refractivity contribution in [3.05, 3.63) is 59.4 Å². The van der Waals surface area contributed by atoms with Crippen LogP contribution >= 0.6 is 11.3 Å². The summed E-state index contributed by atoms with van der Waals surface area (Å²) in [4.78, 5) is 9.01. The molecule has 1 N–H and O–H groups in total. The Kier molecular flexibility index (Phi) is 4.58. The van der Waals surface area contributed by atoms with Gasteiger partial charge in [0.25, 0.3) is 0 Å². The maximum atomic E-state index is 4.56. The van der Waals surface area contributed by atoms with E-state index in [9.17, 15) is 0 Å². The van der Waals surface area contributed by atoms with Crippen LogP contribution in [0.2, 0.25) is 0 Å². The standard InChI is InChI=1S/C17H19N3S/c1-2-7-19-16(11-14-5-3-4-8-18-14)13-10-17-15(20-12-13)6-9-21-17/h3-6,8-10,12,16,19H,2,7,11H2,1H3. The third-order valence-electron chi connectivity index (χ3n) is 3.51. The molecule has 0 saturated carbocycles. The van der Waals surface area contributed by atoms with E-state index in [4.69, 9.17) is 0 Å². The SMILES string of the molecule is CCCNC(Cc1ccccn1)c1cnc2ccsc2c1. The number of hydrogen-bond acceptors (Lipinski definition) is 4. The first-order chi connectivity index (χ1) is 10.4. The van der Waals surface area contributed by atoms with Crippen LogP contribution in [0.3, 0.4) is 0 Å². The van der Waals surface area contributed by atoms with Gasteiger partial charge in [-0.1, -0.05) is 13.0 Å². The monoisotopic (exact) mass is 297 g/mol. The Morgan fingerprint density at radius 1 is 1.24 bits per heavy atom. The molecule has 0 amide bonds. The van der Waals surface area contributed by atoms with Crippen molar-refractivity contribution in [3.63, 3.8) is 0 Å². The lowest BCUT2D eigenvalue weighted by atomic mass is 10.0. The third kappa shape index (κ3) is 3.46. The van der Waals surface area contributed by atoms with Crippen LogP contribution in [0.15, 0.2) is 48.1 Å². The molecule has 0 aliphatic carbocycles. The second-order valence-electron chi connectivity index (χ2n) is 5.10. The lowest BCUT2D eigenvalue weighted by Gasteiger charge is -2.18. The van der Waals surface area contributed by atoms with Gasteiger partial charge in [-0.15, -0.1) is 11.3 Å². The number of rotatable bonds is 6. The molecule has 3 nitrogen and oxygen atoms in total. The van der Waals surface area contributed by atoms with Crippen LogP contribution in [-0.2, 0) is 6.42 Å². The highest BCUT2D eigenvalue weighted by atomic mass is 32.1. The minimum atomic E-state index is 0.263. The lowest BCUT2D eigenvalue weighted by Crippen LogP contribution is -2.24. The molecular formula is C17H19N3S. The van der Waals surface area contributed by atoms with Gasteiger partial charge in [0.1, 0.15) is 0 Å².